The minimum atomic E-state index is -3.75. The molecule has 10 heteroatoms. The first-order valence-corrected chi connectivity index (χ1v) is 12.8. The summed E-state index contributed by atoms with van der Waals surface area (Å²) in [7, 11) is -2.32. The first kappa shape index (κ1) is 26.1. The summed E-state index contributed by atoms with van der Waals surface area (Å²) in [4.78, 5) is 12.4. The predicted molar refractivity (Wildman–Crippen MR) is 138 cm³/mol. The van der Waals surface area contributed by atoms with Crippen LogP contribution in [0.15, 0.2) is 71.8 Å². The summed E-state index contributed by atoms with van der Waals surface area (Å²) in [5, 5.41) is 4.57. The molecule has 3 rings (SSSR count). The molecule has 0 spiro atoms. The normalized spacial score (nSPS) is 11.3. The Bertz CT molecular complexity index is 1310. The number of anilines is 1. The lowest BCUT2D eigenvalue weighted by atomic mass is 10.2. The van der Waals surface area contributed by atoms with E-state index >= 15 is 0 Å². The summed E-state index contributed by atoms with van der Waals surface area (Å²) < 4.78 is 36.7. The van der Waals surface area contributed by atoms with Crippen molar-refractivity contribution in [3.05, 3.63) is 88.4 Å². The number of aryl methyl sites for hydroxylation is 1. The summed E-state index contributed by atoms with van der Waals surface area (Å²) in [5.74, 6) is 0.395. The minimum Gasteiger partial charge on any atom is -0.495 e. The molecule has 0 saturated carbocycles. The Morgan fingerprint density at radius 2 is 1.83 bits per heavy atom. The Labute approximate surface area is 210 Å². The van der Waals surface area contributed by atoms with E-state index < -0.39 is 22.5 Å². The fourth-order valence-electron chi connectivity index (χ4n) is 3.15. The van der Waals surface area contributed by atoms with Crippen molar-refractivity contribution in [1.82, 2.24) is 5.43 Å². The average Bonchev–Trinajstić information content (AvgIpc) is 2.82. The molecule has 0 atom stereocenters. The van der Waals surface area contributed by atoms with E-state index in [1.165, 1.54) is 13.3 Å². The van der Waals surface area contributed by atoms with E-state index in [0.717, 1.165) is 27.3 Å². The van der Waals surface area contributed by atoms with Gasteiger partial charge in [-0.3, -0.25) is 9.10 Å². The first-order valence-electron chi connectivity index (χ1n) is 10.6. The maximum absolute atomic E-state index is 12.4. The number of hydrogen-bond acceptors (Lipinski definition) is 6. The van der Waals surface area contributed by atoms with Crippen molar-refractivity contribution in [2.45, 2.75) is 13.5 Å². The Morgan fingerprint density at radius 3 is 2.49 bits per heavy atom. The van der Waals surface area contributed by atoms with Gasteiger partial charge >= 0.3 is 0 Å². The molecule has 0 bridgehead atoms. The number of sulfonamides is 1. The predicted octanol–water partition coefficient (Wildman–Crippen LogP) is 4.15. The molecule has 0 aromatic heterocycles. The van der Waals surface area contributed by atoms with Crippen molar-refractivity contribution in [2.75, 3.05) is 24.2 Å². The van der Waals surface area contributed by atoms with Crippen molar-refractivity contribution < 1.29 is 22.7 Å². The van der Waals surface area contributed by atoms with E-state index in [1.807, 2.05) is 25.1 Å². The van der Waals surface area contributed by atoms with E-state index in [4.69, 9.17) is 21.1 Å². The molecule has 35 heavy (non-hydrogen) atoms. The maximum atomic E-state index is 12.4. The van der Waals surface area contributed by atoms with Crippen LogP contribution < -0.4 is 19.2 Å². The number of carbonyl (C=O) groups excluding carboxylic acids is 1. The van der Waals surface area contributed by atoms with Crippen LogP contribution in [0.3, 0.4) is 0 Å². The second kappa shape index (κ2) is 11.7. The van der Waals surface area contributed by atoms with Gasteiger partial charge in [0.05, 0.1) is 25.3 Å². The van der Waals surface area contributed by atoms with Crippen LogP contribution >= 0.6 is 11.6 Å². The third-order valence-corrected chi connectivity index (χ3v) is 6.42. The zero-order valence-corrected chi connectivity index (χ0v) is 21.1. The molecule has 0 aliphatic carbocycles. The average molecular weight is 516 g/mol. The van der Waals surface area contributed by atoms with Crippen LogP contribution in [0.5, 0.6) is 11.5 Å². The second-order valence-corrected chi connectivity index (χ2v) is 10.0. The van der Waals surface area contributed by atoms with Crippen molar-refractivity contribution in [2.24, 2.45) is 5.10 Å². The Balaban J connectivity index is 1.60. The molecule has 0 radical (unpaired) electrons. The summed E-state index contributed by atoms with van der Waals surface area (Å²) >= 11 is 6.14. The van der Waals surface area contributed by atoms with Gasteiger partial charge in [0.2, 0.25) is 10.0 Å². The second-order valence-electron chi connectivity index (χ2n) is 7.69. The molecule has 0 fully saturated rings. The number of halogens is 1. The van der Waals surface area contributed by atoms with Gasteiger partial charge in [0.25, 0.3) is 5.91 Å². The molecule has 1 amide bonds. The number of hydrazone groups is 1. The number of amides is 1. The molecule has 0 saturated heterocycles. The number of nitrogens with zero attached hydrogens (tertiary/aromatic N) is 2. The Hall–Kier alpha value is -3.56. The van der Waals surface area contributed by atoms with E-state index in [9.17, 15) is 13.2 Å². The van der Waals surface area contributed by atoms with Crippen molar-refractivity contribution in [3.8, 4) is 11.5 Å². The third-order valence-electron chi connectivity index (χ3n) is 4.93. The number of ether oxygens (including phenoxy) is 2. The highest BCUT2D eigenvalue weighted by atomic mass is 35.5. The van der Waals surface area contributed by atoms with Crippen LogP contribution in [0.4, 0.5) is 5.69 Å². The van der Waals surface area contributed by atoms with Gasteiger partial charge in [0.15, 0.2) is 0 Å². The molecule has 0 aliphatic rings. The van der Waals surface area contributed by atoms with Gasteiger partial charge in [-0.15, -0.1) is 0 Å². The van der Waals surface area contributed by atoms with Gasteiger partial charge < -0.3 is 9.47 Å². The molecule has 184 valence electrons. The van der Waals surface area contributed by atoms with Crippen LogP contribution in [0.25, 0.3) is 0 Å². The summed E-state index contributed by atoms with van der Waals surface area (Å²) in [6, 6.07) is 19.6. The lowest BCUT2D eigenvalue weighted by Gasteiger charge is -2.23. The summed E-state index contributed by atoms with van der Waals surface area (Å²) in [6.45, 7) is 1.71. The van der Waals surface area contributed by atoms with E-state index in [-0.39, 0.29) is 5.69 Å². The van der Waals surface area contributed by atoms with Crippen LogP contribution in [0.2, 0.25) is 5.02 Å². The smallest absolute Gasteiger partial charge is 0.260 e. The molecule has 3 aromatic rings. The molecule has 1 N–H and O–H groups in total. The molecular formula is C25H26ClN3O5S. The molecule has 8 nitrogen and oxygen atoms in total. The van der Waals surface area contributed by atoms with Crippen LogP contribution in [0, 0.1) is 6.92 Å². The molecule has 3 aromatic carbocycles. The largest absolute Gasteiger partial charge is 0.495 e. The van der Waals surface area contributed by atoms with Gasteiger partial charge in [-0.25, -0.2) is 13.8 Å². The van der Waals surface area contributed by atoms with Crippen LogP contribution in [0.1, 0.15) is 16.7 Å². The molecule has 0 heterocycles. The zero-order valence-electron chi connectivity index (χ0n) is 19.6. The highest BCUT2D eigenvalue weighted by Crippen LogP contribution is 2.30. The van der Waals surface area contributed by atoms with Gasteiger partial charge in [0, 0.05) is 10.6 Å². The number of methoxy groups -OCH3 is 1. The summed E-state index contributed by atoms with van der Waals surface area (Å²) in [5.41, 5.74) is 5.07. The number of rotatable bonds is 10. The van der Waals surface area contributed by atoms with Gasteiger partial charge in [0.1, 0.15) is 24.7 Å². The van der Waals surface area contributed by atoms with Crippen LogP contribution in [-0.4, -0.2) is 40.4 Å². The number of benzene rings is 3. The fourth-order valence-corrected chi connectivity index (χ4v) is 4.19. The monoisotopic (exact) mass is 515 g/mol. The van der Waals surface area contributed by atoms with Crippen LogP contribution in [-0.2, 0) is 21.4 Å². The summed E-state index contributed by atoms with van der Waals surface area (Å²) in [6.07, 6.45) is 2.48. The van der Waals surface area contributed by atoms with Gasteiger partial charge in [-0.1, -0.05) is 35.9 Å². The Morgan fingerprint density at radius 1 is 1.11 bits per heavy atom. The quantitative estimate of drug-likeness (QED) is 0.323. The van der Waals surface area contributed by atoms with Gasteiger partial charge in [-0.05, 0) is 60.5 Å². The zero-order chi connectivity index (χ0) is 25.4. The lowest BCUT2D eigenvalue weighted by Crippen LogP contribution is -2.39. The van der Waals surface area contributed by atoms with E-state index in [1.54, 1.807) is 48.5 Å². The fraction of sp³-hybridized carbons (Fsp3) is 0.200. The maximum Gasteiger partial charge on any atom is 0.260 e. The van der Waals surface area contributed by atoms with Crippen molar-refractivity contribution in [3.63, 3.8) is 0 Å². The SMILES string of the molecule is COc1ccc(C)cc1N(CC(=O)N/N=C\c1ccc(OCc2ccccc2Cl)cc1)S(C)(=O)=O. The molecular weight excluding hydrogens is 490 g/mol. The molecule has 0 aliphatic heterocycles. The van der Waals surface area contributed by atoms with E-state index in [0.29, 0.717) is 23.1 Å². The third kappa shape index (κ3) is 7.46. The number of hydrogen-bond donors (Lipinski definition) is 1. The topological polar surface area (TPSA) is 97.3 Å². The minimum absolute atomic E-state index is 0.279. The number of nitrogens with one attached hydrogen (secondary N) is 1. The molecule has 0 unspecified atom stereocenters. The standard InChI is InChI=1S/C25H26ClN3O5S/c1-18-8-13-24(33-2)23(14-18)29(35(3,31)32)16-25(30)28-27-15-19-9-11-21(12-10-19)34-17-20-6-4-5-7-22(20)26/h4-15H,16-17H2,1-3H3,(H,28,30)/b27-15-. The van der Waals surface area contributed by atoms with Gasteiger partial charge in [-0.2, -0.15) is 5.10 Å². The number of carbonyl (C=O) groups is 1. The first-order chi connectivity index (χ1) is 16.7. The lowest BCUT2D eigenvalue weighted by molar-refractivity contribution is -0.119. The van der Waals surface area contributed by atoms with Crippen molar-refractivity contribution >= 4 is 39.4 Å². The Kier molecular flexibility index (Phi) is 8.73. The highest BCUT2D eigenvalue weighted by Gasteiger charge is 2.24. The van der Waals surface area contributed by atoms with Crippen molar-refractivity contribution in [1.29, 1.82) is 0 Å². The van der Waals surface area contributed by atoms with E-state index in [2.05, 4.69) is 10.5 Å². The highest BCUT2D eigenvalue weighted by molar-refractivity contribution is 7.92.